The second-order valence-electron chi connectivity index (χ2n) is 4.98. The predicted molar refractivity (Wildman–Crippen MR) is 72.5 cm³/mol. The van der Waals surface area contributed by atoms with Crippen molar-refractivity contribution in [1.82, 2.24) is 9.47 Å². The van der Waals surface area contributed by atoms with Crippen LogP contribution < -0.4 is 0 Å². The van der Waals surface area contributed by atoms with Gasteiger partial charge in [-0.05, 0) is 25.3 Å². The van der Waals surface area contributed by atoms with Gasteiger partial charge in [0, 0.05) is 26.4 Å². The molecule has 1 aromatic rings. The lowest BCUT2D eigenvalue weighted by Crippen LogP contribution is -2.38. The number of nitrogens with zero attached hydrogens (tertiary/aromatic N) is 2. The van der Waals surface area contributed by atoms with E-state index in [0.29, 0.717) is 5.69 Å². The van der Waals surface area contributed by atoms with Crippen molar-refractivity contribution < 1.29 is 19.4 Å². The Labute approximate surface area is 117 Å². The second kappa shape index (κ2) is 6.56. The zero-order valence-electron chi connectivity index (χ0n) is 11.7. The fourth-order valence-corrected chi connectivity index (χ4v) is 2.53. The van der Waals surface area contributed by atoms with Crippen molar-refractivity contribution in [2.75, 3.05) is 20.2 Å². The van der Waals surface area contributed by atoms with Crippen LogP contribution in [-0.4, -0.2) is 46.6 Å². The minimum Gasteiger partial charge on any atom is -0.478 e. The summed E-state index contributed by atoms with van der Waals surface area (Å²) < 4.78 is 6.71. The number of methoxy groups -OCH3 is 1. The molecule has 1 amide bonds. The highest BCUT2D eigenvalue weighted by Crippen LogP contribution is 2.15. The van der Waals surface area contributed by atoms with Gasteiger partial charge in [-0.15, -0.1) is 0 Å². The molecule has 6 nitrogen and oxygen atoms in total. The van der Waals surface area contributed by atoms with Crippen molar-refractivity contribution in [1.29, 1.82) is 0 Å². The van der Waals surface area contributed by atoms with Crippen molar-refractivity contribution in [3.8, 4) is 0 Å². The van der Waals surface area contributed by atoms with Crippen molar-refractivity contribution in [3.63, 3.8) is 0 Å². The highest BCUT2D eigenvalue weighted by Gasteiger charge is 2.20. The molecule has 1 N–H and O–H groups in total. The Morgan fingerprint density at radius 1 is 1.30 bits per heavy atom. The van der Waals surface area contributed by atoms with Crippen LogP contribution in [0, 0.1) is 0 Å². The first-order chi connectivity index (χ1) is 9.63. The molecule has 1 aliphatic rings. The molecule has 1 aromatic heterocycles. The average Bonchev–Trinajstić information content (AvgIpc) is 2.83. The normalized spacial score (nSPS) is 15.3. The Hall–Kier alpha value is -1.82. The fraction of sp³-hybridized carbons (Fsp3) is 0.571. The summed E-state index contributed by atoms with van der Waals surface area (Å²) in [6.07, 6.45) is 4.90. The van der Waals surface area contributed by atoms with Gasteiger partial charge in [0.05, 0.1) is 17.9 Å². The maximum Gasteiger partial charge on any atom is 0.337 e. The highest BCUT2D eigenvalue weighted by molar-refractivity contribution is 5.89. The summed E-state index contributed by atoms with van der Waals surface area (Å²) in [5.41, 5.74) is 0.726. The number of carboxylic acids is 1. The van der Waals surface area contributed by atoms with Crippen molar-refractivity contribution >= 4 is 11.9 Å². The van der Waals surface area contributed by atoms with E-state index in [-0.39, 0.29) is 24.6 Å². The van der Waals surface area contributed by atoms with Crippen molar-refractivity contribution in [3.05, 3.63) is 23.5 Å². The number of hydrogen-bond donors (Lipinski definition) is 1. The van der Waals surface area contributed by atoms with Gasteiger partial charge in [-0.3, -0.25) is 4.79 Å². The molecule has 0 saturated carbocycles. The van der Waals surface area contributed by atoms with Gasteiger partial charge >= 0.3 is 5.97 Å². The van der Waals surface area contributed by atoms with Crippen LogP contribution >= 0.6 is 0 Å². The Kier molecular flexibility index (Phi) is 4.79. The molecule has 110 valence electrons. The third-order valence-electron chi connectivity index (χ3n) is 3.60. The summed E-state index contributed by atoms with van der Waals surface area (Å²) in [5.74, 6) is -0.962. The third kappa shape index (κ3) is 3.19. The summed E-state index contributed by atoms with van der Waals surface area (Å²) >= 11 is 0. The van der Waals surface area contributed by atoms with Gasteiger partial charge in [0.15, 0.2) is 0 Å². The molecule has 0 bridgehead atoms. The molecule has 0 unspecified atom stereocenters. The van der Waals surface area contributed by atoms with E-state index in [1.54, 1.807) is 10.8 Å². The largest absolute Gasteiger partial charge is 0.478 e. The van der Waals surface area contributed by atoms with Crippen LogP contribution in [0.2, 0.25) is 0 Å². The molecule has 0 spiro atoms. The van der Waals surface area contributed by atoms with Crippen LogP contribution in [-0.2, 0) is 22.7 Å². The average molecular weight is 280 g/mol. The topological polar surface area (TPSA) is 71.8 Å². The lowest BCUT2D eigenvalue weighted by Gasteiger charge is -2.27. The quantitative estimate of drug-likeness (QED) is 0.883. The molecule has 0 atom stereocenters. The maximum atomic E-state index is 12.2. The van der Waals surface area contributed by atoms with E-state index >= 15 is 0 Å². The first-order valence-electron chi connectivity index (χ1n) is 6.81. The van der Waals surface area contributed by atoms with Gasteiger partial charge in [-0.25, -0.2) is 4.79 Å². The number of piperidine rings is 1. The molecule has 1 fully saturated rings. The monoisotopic (exact) mass is 280 g/mol. The molecule has 0 aromatic carbocycles. The first kappa shape index (κ1) is 14.6. The van der Waals surface area contributed by atoms with E-state index in [2.05, 4.69) is 0 Å². The van der Waals surface area contributed by atoms with Crippen LogP contribution in [0.5, 0.6) is 0 Å². The number of carbonyl (C=O) groups is 2. The van der Waals surface area contributed by atoms with E-state index < -0.39 is 5.97 Å². The van der Waals surface area contributed by atoms with Crippen molar-refractivity contribution in [2.45, 2.75) is 32.4 Å². The minimum absolute atomic E-state index is 0.0367. The first-order valence-corrected chi connectivity index (χ1v) is 6.81. The molecular formula is C14H20N2O4. The second-order valence-corrected chi connectivity index (χ2v) is 4.98. The predicted octanol–water partition coefficient (Wildman–Crippen LogP) is 1.35. The molecule has 2 heterocycles. The maximum absolute atomic E-state index is 12.2. The molecule has 0 aliphatic carbocycles. The molecule has 2 rings (SSSR count). The summed E-state index contributed by atoms with van der Waals surface area (Å²) in [6.45, 7) is 1.95. The fourth-order valence-electron chi connectivity index (χ4n) is 2.53. The lowest BCUT2D eigenvalue weighted by atomic mass is 10.1. The van der Waals surface area contributed by atoms with Crippen LogP contribution in [0.4, 0.5) is 0 Å². The number of aromatic carboxylic acids is 1. The zero-order chi connectivity index (χ0) is 14.5. The summed E-state index contributed by atoms with van der Waals surface area (Å²) in [5, 5.41) is 9.12. The number of likely N-dealkylation sites (tertiary alicyclic amines) is 1. The van der Waals surface area contributed by atoms with E-state index in [1.165, 1.54) is 19.6 Å². The van der Waals surface area contributed by atoms with Crippen LogP contribution in [0.1, 0.15) is 35.3 Å². The Morgan fingerprint density at radius 3 is 2.60 bits per heavy atom. The number of amides is 1. The van der Waals surface area contributed by atoms with Gasteiger partial charge in [0.1, 0.15) is 6.54 Å². The number of carbonyl (C=O) groups excluding carboxylic acids is 1. The van der Waals surface area contributed by atoms with Crippen molar-refractivity contribution in [2.24, 2.45) is 0 Å². The third-order valence-corrected chi connectivity index (χ3v) is 3.60. The van der Waals surface area contributed by atoms with Crippen LogP contribution in [0.3, 0.4) is 0 Å². The Balaban J connectivity index is 2.11. The molecular weight excluding hydrogens is 260 g/mol. The number of rotatable bonds is 5. The standard InChI is InChI=1S/C14H20N2O4/c1-20-10-12-11(14(18)19)5-8-16(12)9-13(17)15-6-3-2-4-7-15/h5,8H,2-4,6-7,9-10H2,1H3,(H,18,19). The van der Waals surface area contributed by atoms with Gasteiger partial charge in [-0.2, -0.15) is 0 Å². The van der Waals surface area contributed by atoms with Gasteiger partial charge in [0.25, 0.3) is 0 Å². The number of carboxylic acid groups (broad SMARTS) is 1. The van der Waals surface area contributed by atoms with E-state index in [0.717, 1.165) is 25.9 Å². The van der Waals surface area contributed by atoms with Gasteiger partial charge < -0.3 is 19.3 Å². The Morgan fingerprint density at radius 2 is 2.00 bits per heavy atom. The SMILES string of the molecule is COCc1c(C(=O)O)ccn1CC(=O)N1CCCCC1. The van der Waals surface area contributed by atoms with Crippen LogP contribution in [0.15, 0.2) is 12.3 Å². The molecule has 6 heteroatoms. The van der Waals surface area contributed by atoms with Gasteiger partial charge in [-0.1, -0.05) is 0 Å². The van der Waals surface area contributed by atoms with E-state index in [1.807, 2.05) is 4.90 Å². The molecule has 1 saturated heterocycles. The summed E-state index contributed by atoms with van der Waals surface area (Å²) in [4.78, 5) is 25.2. The number of aromatic nitrogens is 1. The van der Waals surface area contributed by atoms with E-state index in [9.17, 15) is 9.59 Å². The Bertz CT molecular complexity index is 489. The lowest BCUT2D eigenvalue weighted by molar-refractivity contribution is -0.132. The number of hydrogen-bond acceptors (Lipinski definition) is 3. The summed E-state index contributed by atoms with van der Waals surface area (Å²) in [7, 11) is 1.51. The van der Waals surface area contributed by atoms with Gasteiger partial charge in [0.2, 0.25) is 5.91 Å². The minimum atomic E-state index is -0.999. The molecule has 1 aliphatic heterocycles. The van der Waals surface area contributed by atoms with Crippen LogP contribution in [0.25, 0.3) is 0 Å². The highest BCUT2D eigenvalue weighted by atomic mass is 16.5. The molecule has 20 heavy (non-hydrogen) atoms. The molecule has 0 radical (unpaired) electrons. The summed E-state index contributed by atoms with van der Waals surface area (Å²) in [6, 6.07) is 1.51. The zero-order valence-corrected chi connectivity index (χ0v) is 11.7. The smallest absolute Gasteiger partial charge is 0.337 e. The number of ether oxygens (including phenoxy) is 1. The van der Waals surface area contributed by atoms with E-state index in [4.69, 9.17) is 9.84 Å².